The second-order valence-corrected chi connectivity index (χ2v) is 7.26. The van der Waals surface area contributed by atoms with Crippen molar-refractivity contribution in [3.63, 3.8) is 0 Å². The fourth-order valence-electron chi connectivity index (χ4n) is 3.48. The summed E-state index contributed by atoms with van der Waals surface area (Å²) in [6.45, 7) is 5.03. The molecule has 1 unspecified atom stereocenters. The zero-order valence-electron chi connectivity index (χ0n) is 16.2. The number of para-hydroxylation sites is 1. The van der Waals surface area contributed by atoms with E-state index in [4.69, 9.17) is 9.47 Å². The molecule has 0 amide bonds. The van der Waals surface area contributed by atoms with Gasteiger partial charge in [-0.15, -0.1) is 0 Å². The van der Waals surface area contributed by atoms with Crippen molar-refractivity contribution < 1.29 is 23.8 Å². The van der Waals surface area contributed by atoms with E-state index >= 15 is 0 Å². The molecule has 28 heavy (non-hydrogen) atoms. The van der Waals surface area contributed by atoms with Gasteiger partial charge in [-0.25, -0.2) is 4.39 Å². The van der Waals surface area contributed by atoms with Gasteiger partial charge in [-0.2, -0.15) is 0 Å². The van der Waals surface area contributed by atoms with Crippen LogP contribution < -0.4 is 9.47 Å². The molecule has 1 atom stereocenters. The fraction of sp³-hybridized carbons (Fsp3) is 0.409. The largest absolute Gasteiger partial charge is 0.491 e. The molecule has 0 bridgehead atoms. The third kappa shape index (κ3) is 5.01. The highest BCUT2D eigenvalue weighted by molar-refractivity contribution is 5.75. The van der Waals surface area contributed by atoms with E-state index in [0.717, 1.165) is 11.3 Å². The summed E-state index contributed by atoms with van der Waals surface area (Å²) < 4.78 is 25.2. The molecule has 1 saturated heterocycles. The Balaban J connectivity index is 1.63. The van der Waals surface area contributed by atoms with Crippen LogP contribution in [0.2, 0.25) is 0 Å². The van der Waals surface area contributed by atoms with Gasteiger partial charge in [0, 0.05) is 13.1 Å². The Labute approximate surface area is 164 Å². The lowest BCUT2D eigenvalue weighted by Crippen LogP contribution is -2.43. The minimum atomic E-state index is -0.883. The van der Waals surface area contributed by atoms with Crippen molar-refractivity contribution in [1.29, 1.82) is 0 Å². The molecule has 0 radical (unpaired) electrons. The summed E-state index contributed by atoms with van der Waals surface area (Å²) in [5.74, 6) is -0.292. The van der Waals surface area contributed by atoms with Crippen LogP contribution in [0.15, 0.2) is 48.5 Å². The van der Waals surface area contributed by atoms with E-state index in [1.807, 2.05) is 18.7 Å². The molecule has 150 valence electrons. The quantitative estimate of drug-likeness (QED) is 0.768. The van der Waals surface area contributed by atoms with E-state index in [0.29, 0.717) is 25.9 Å². The summed E-state index contributed by atoms with van der Waals surface area (Å²) in [6, 6.07) is 12.8. The highest BCUT2D eigenvalue weighted by atomic mass is 19.1. The Morgan fingerprint density at radius 3 is 2.32 bits per heavy atom. The number of rotatable bonds is 7. The summed E-state index contributed by atoms with van der Waals surface area (Å²) in [7, 11) is 0. The molecule has 1 heterocycles. The average molecular weight is 387 g/mol. The first-order valence-corrected chi connectivity index (χ1v) is 9.58. The predicted molar refractivity (Wildman–Crippen MR) is 104 cm³/mol. The number of ether oxygens (including phenoxy) is 2. The smallest absolute Gasteiger partial charge is 0.325 e. The molecule has 0 aliphatic carbocycles. The van der Waals surface area contributed by atoms with Crippen LogP contribution in [-0.4, -0.2) is 41.3 Å². The lowest BCUT2D eigenvalue weighted by molar-refractivity contribution is -0.144. The number of carboxylic acids is 1. The summed E-state index contributed by atoms with van der Waals surface area (Å²) in [5, 5.41) is 9.78. The number of piperidine rings is 1. The van der Waals surface area contributed by atoms with Gasteiger partial charge in [-0.1, -0.05) is 24.3 Å². The van der Waals surface area contributed by atoms with Crippen LogP contribution in [0.5, 0.6) is 11.5 Å². The van der Waals surface area contributed by atoms with E-state index in [-0.39, 0.29) is 23.8 Å². The van der Waals surface area contributed by atoms with Crippen molar-refractivity contribution >= 4 is 5.97 Å². The normalized spacial score (nSPS) is 16.7. The van der Waals surface area contributed by atoms with Crippen molar-refractivity contribution in [3.8, 4) is 11.5 Å². The molecule has 6 heteroatoms. The first kappa shape index (κ1) is 20.1. The minimum Gasteiger partial charge on any atom is -0.491 e. The number of benzene rings is 2. The number of carbonyl (C=O) groups is 1. The topological polar surface area (TPSA) is 59.0 Å². The molecule has 5 nitrogen and oxygen atoms in total. The average Bonchev–Trinajstić information content (AvgIpc) is 2.66. The maximum atomic E-state index is 13.8. The van der Waals surface area contributed by atoms with Crippen LogP contribution in [0.25, 0.3) is 0 Å². The van der Waals surface area contributed by atoms with E-state index in [1.54, 1.807) is 42.5 Å². The Kier molecular flexibility index (Phi) is 6.52. The minimum absolute atomic E-state index is 0.0644. The first-order valence-electron chi connectivity index (χ1n) is 9.58. The van der Waals surface area contributed by atoms with E-state index in [2.05, 4.69) is 0 Å². The third-order valence-electron chi connectivity index (χ3n) is 4.77. The Hall–Kier alpha value is -2.60. The zero-order valence-corrected chi connectivity index (χ0v) is 16.2. The van der Waals surface area contributed by atoms with Gasteiger partial charge in [0.1, 0.15) is 17.9 Å². The van der Waals surface area contributed by atoms with Gasteiger partial charge < -0.3 is 14.6 Å². The SMILES string of the molecule is CC(C)Oc1ccc(C(C(=O)O)N2CCC(Oc3ccccc3F)CC2)cc1. The van der Waals surface area contributed by atoms with Gasteiger partial charge in [-0.3, -0.25) is 9.69 Å². The molecule has 2 aromatic carbocycles. The fourth-order valence-corrected chi connectivity index (χ4v) is 3.48. The van der Waals surface area contributed by atoms with E-state index in [1.165, 1.54) is 6.07 Å². The highest BCUT2D eigenvalue weighted by Crippen LogP contribution is 2.29. The van der Waals surface area contributed by atoms with Crippen LogP contribution in [-0.2, 0) is 4.79 Å². The van der Waals surface area contributed by atoms with E-state index < -0.39 is 12.0 Å². The van der Waals surface area contributed by atoms with Crippen LogP contribution in [0.3, 0.4) is 0 Å². The van der Waals surface area contributed by atoms with Crippen molar-refractivity contribution in [1.82, 2.24) is 4.90 Å². The predicted octanol–water partition coefficient (Wildman–Crippen LogP) is 4.28. The summed E-state index contributed by atoms with van der Waals surface area (Å²) in [4.78, 5) is 13.9. The molecule has 1 aliphatic rings. The van der Waals surface area contributed by atoms with Gasteiger partial charge in [0.15, 0.2) is 11.6 Å². The molecule has 0 spiro atoms. The monoisotopic (exact) mass is 387 g/mol. The standard InChI is InChI=1S/C22H26FNO4/c1-15(2)27-17-9-7-16(8-10-17)21(22(25)26)24-13-11-18(12-14-24)28-20-6-4-3-5-19(20)23/h3-10,15,18,21H,11-14H2,1-2H3,(H,25,26). The number of likely N-dealkylation sites (tertiary alicyclic amines) is 1. The molecule has 2 aromatic rings. The summed E-state index contributed by atoms with van der Waals surface area (Å²) >= 11 is 0. The number of hydrogen-bond acceptors (Lipinski definition) is 4. The van der Waals surface area contributed by atoms with E-state index in [9.17, 15) is 14.3 Å². The molecule has 3 rings (SSSR count). The zero-order chi connectivity index (χ0) is 20.1. The van der Waals surface area contributed by atoms with Crippen molar-refractivity contribution in [3.05, 3.63) is 59.9 Å². The maximum absolute atomic E-state index is 13.8. The van der Waals surface area contributed by atoms with Gasteiger partial charge in [-0.05, 0) is 56.5 Å². The number of aliphatic carboxylic acids is 1. The van der Waals surface area contributed by atoms with Crippen LogP contribution >= 0.6 is 0 Å². The maximum Gasteiger partial charge on any atom is 0.325 e. The number of nitrogens with zero attached hydrogens (tertiary/aromatic N) is 1. The second-order valence-electron chi connectivity index (χ2n) is 7.26. The molecular formula is C22H26FNO4. The molecule has 1 aliphatic heterocycles. The lowest BCUT2D eigenvalue weighted by atomic mass is 10.0. The molecular weight excluding hydrogens is 361 g/mol. The number of carboxylic acid groups (broad SMARTS) is 1. The van der Waals surface area contributed by atoms with Gasteiger partial charge in [0.05, 0.1) is 6.10 Å². The van der Waals surface area contributed by atoms with Gasteiger partial charge in [0.25, 0.3) is 0 Å². The molecule has 0 saturated carbocycles. The summed E-state index contributed by atoms with van der Waals surface area (Å²) in [5.41, 5.74) is 0.720. The van der Waals surface area contributed by atoms with Crippen molar-refractivity contribution in [2.24, 2.45) is 0 Å². The Morgan fingerprint density at radius 2 is 1.75 bits per heavy atom. The Bertz CT molecular complexity index is 785. The third-order valence-corrected chi connectivity index (χ3v) is 4.77. The number of halogens is 1. The molecule has 0 aromatic heterocycles. The van der Waals surface area contributed by atoms with Crippen LogP contribution in [0, 0.1) is 5.82 Å². The second kappa shape index (κ2) is 9.06. The molecule has 1 fully saturated rings. The van der Waals surface area contributed by atoms with Crippen LogP contribution in [0.1, 0.15) is 38.3 Å². The van der Waals surface area contributed by atoms with Gasteiger partial charge in [0.2, 0.25) is 0 Å². The molecule has 1 N–H and O–H groups in total. The summed E-state index contributed by atoms with van der Waals surface area (Å²) in [6.07, 6.45) is 1.23. The van der Waals surface area contributed by atoms with Crippen LogP contribution in [0.4, 0.5) is 4.39 Å². The van der Waals surface area contributed by atoms with Gasteiger partial charge >= 0.3 is 5.97 Å². The Morgan fingerprint density at radius 1 is 1.11 bits per heavy atom. The van der Waals surface area contributed by atoms with Crippen molar-refractivity contribution in [2.75, 3.05) is 13.1 Å². The van der Waals surface area contributed by atoms with Crippen molar-refractivity contribution in [2.45, 2.75) is 44.9 Å². The first-order chi connectivity index (χ1) is 13.4. The lowest BCUT2D eigenvalue weighted by Gasteiger charge is -2.35. The highest BCUT2D eigenvalue weighted by Gasteiger charge is 2.31. The number of hydrogen-bond donors (Lipinski definition) is 1.